The fourth-order valence-electron chi connectivity index (χ4n) is 2.56. The van der Waals surface area contributed by atoms with Gasteiger partial charge in [0.2, 0.25) is 0 Å². The Morgan fingerprint density at radius 2 is 2.11 bits per heavy atom. The Morgan fingerprint density at radius 3 is 2.89 bits per heavy atom. The average molecular weight is 278 g/mol. The molecule has 1 nitrogen and oxygen atoms in total. The van der Waals surface area contributed by atoms with Crippen molar-refractivity contribution in [2.24, 2.45) is 0 Å². The molecule has 1 aliphatic heterocycles. The zero-order valence-corrected chi connectivity index (χ0v) is 13.0. The zero-order chi connectivity index (χ0) is 13.5. The minimum absolute atomic E-state index is 0.418. The van der Waals surface area contributed by atoms with Crippen LogP contribution in [0.4, 0.5) is 0 Å². The van der Waals surface area contributed by atoms with E-state index in [0.29, 0.717) is 11.4 Å². The third kappa shape index (κ3) is 4.85. The maximum atomic E-state index is 6.02. The molecule has 0 fully saturated rings. The van der Waals surface area contributed by atoms with Gasteiger partial charge >= 0.3 is 0 Å². The van der Waals surface area contributed by atoms with E-state index in [2.05, 4.69) is 38.1 Å². The van der Waals surface area contributed by atoms with E-state index in [1.54, 1.807) is 0 Å². The van der Waals surface area contributed by atoms with E-state index < -0.39 is 0 Å². The van der Waals surface area contributed by atoms with Gasteiger partial charge in [-0.3, -0.25) is 0 Å². The Balaban J connectivity index is 1.62. The Kier molecular flexibility index (Phi) is 6.25. The Hall–Kier alpha value is -0.470. The van der Waals surface area contributed by atoms with Gasteiger partial charge in [0.25, 0.3) is 0 Å². The first-order valence-electron chi connectivity index (χ1n) is 7.65. The molecule has 1 heterocycles. The van der Waals surface area contributed by atoms with Crippen molar-refractivity contribution in [1.29, 1.82) is 0 Å². The fraction of sp³-hybridized carbons (Fsp3) is 0.647. The number of hydrogen-bond acceptors (Lipinski definition) is 2. The van der Waals surface area contributed by atoms with E-state index >= 15 is 0 Å². The van der Waals surface area contributed by atoms with Crippen LogP contribution in [-0.4, -0.2) is 18.0 Å². The Labute approximate surface area is 122 Å². The topological polar surface area (TPSA) is 9.23 Å². The molecule has 0 aromatic heterocycles. The molecule has 0 bridgehead atoms. The molecule has 0 saturated carbocycles. The van der Waals surface area contributed by atoms with Gasteiger partial charge in [-0.05, 0) is 31.4 Å². The summed E-state index contributed by atoms with van der Waals surface area (Å²) in [4.78, 5) is 1.45. The number of benzene rings is 1. The lowest BCUT2D eigenvalue weighted by Gasteiger charge is -2.15. The third-order valence-corrected chi connectivity index (χ3v) is 5.03. The second-order valence-corrected chi connectivity index (χ2v) is 6.89. The first-order chi connectivity index (χ1) is 9.29. The molecule has 0 N–H and O–H groups in total. The van der Waals surface area contributed by atoms with Crippen molar-refractivity contribution in [2.45, 2.75) is 68.6 Å². The molecule has 0 saturated heterocycles. The smallest absolute Gasteiger partial charge is 0.0595 e. The number of unbranched alkanes of at least 4 members (excludes halogenated alkanes) is 3. The molecule has 2 rings (SSSR count). The van der Waals surface area contributed by atoms with Gasteiger partial charge < -0.3 is 4.74 Å². The van der Waals surface area contributed by atoms with E-state index in [1.807, 2.05) is 11.8 Å². The average Bonchev–Trinajstić information content (AvgIpc) is 2.84. The van der Waals surface area contributed by atoms with Crippen LogP contribution in [0.1, 0.15) is 51.5 Å². The molecular formula is C17H26OS. The number of fused-ring (bicyclic) bond motifs is 1. The molecule has 0 spiro atoms. The summed E-state index contributed by atoms with van der Waals surface area (Å²) in [6.07, 6.45) is 8.14. The maximum absolute atomic E-state index is 6.02. The molecule has 1 aromatic rings. The largest absolute Gasteiger partial charge is 0.377 e. The van der Waals surface area contributed by atoms with Crippen LogP contribution >= 0.6 is 11.8 Å². The minimum atomic E-state index is 0.418. The van der Waals surface area contributed by atoms with Crippen LogP contribution in [0.25, 0.3) is 0 Å². The van der Waals surface area contributed by atoms with Crippen LogP contribution in [0.2, 0.25) is 0 Å². The van der Waals surface area contributed by atoms with Crippen LogP contribution < -0.4 is 0 Å². The minimum Gasteiger partial charge on any atom is -0.377 e. The fourth-order valence-corrected chi connectivity index (χ4v) is 3.79. The van der Waals surface area contributed by atoms with Gasteiger partial charge in [-0.15, -0.1) is 11.8 Å². The number of thioether (sulfide) groups is 1. The molecule has 1 aliphatic rings. The molecule has 2 heteroatoms. The summed E-state index contributed by atoms with van der Waals surface area (Å²) in [6, 6.07) is 8.75. The first kappa shape index (κ1) is 14.9. The van der Waals surface area contributed by atoms with Gasteiger partial charge in [-0.25, -0.2) is 0 Å². The van der Waals surface area contributed by atoms with Crippen molar-refractivity contribution in [2.75, 3.05) is 6.61 Å². The van der Waals surface area contributed by atoms with Gasteiger partial charge in [0.15, 0.2) is 0 Å². The van der Waals surface area contributed by atoms with Crippen molar-refractivity contribution in [3.8, 4) is 0 Å². The van der Waals surface area contributed by atoms with Crippen LogP contribution in [0.5, 0.6) is 0 Å². The van der Waals surface area contributed by atoms with Crippen LogP contribution in [0.3, 0.4) is 0 Å². The molecule has 106 valence electrons. The molecule has 19 heavy (non-hydrogen) atoms. The summed E-state index contributed by atoms with van der Waals surface area (Å²) in [5.74, 6) is 0. The van der Waals surface area contributed by atoms with E-state index in [-0.39, 0.29) is 0 Å². The van der Waals surface area contributed by atoms with Gasteiger partial charge in [0.1, 0.15) is 0 Å². The summed E-state index contributed by atoms with van der Waals surface area (Å²) >= 11 is 1.99. The lowest BCUT2D eigenvalue weighted by molar-refractivity contribution is 0.0598. The van der Waals surface area contributed by atoms with E-state index in [0.717, 1.165) is 6.61 Å². The van der Waals surface area contributed by atoms with Gasteiger partial charge in [0.05, 0.1) is 12.7 Å². The highest BCUT2D eigenvalue weighted by Gasteiger charge is 2.22. The third-order valence-electron chi connectivity index (χ3n) is 3.74. The quantitative estimate of drug-likeness (QED) is 0.613. The lowest BCUT2D eigenvalue weighted by Crippen LogP contribution is -2.17. The van der Waals surface area contributed by atoms with E-state index in [9.17, 15) is 0 Å². The normalized spacial score (nSPS) is 19.4. The molecule has 0 amide bonds. The Bertz CT molecular complexity index is 352. The summed E-state index contributed by atoms with van der Waals surface area (Å²) in [5.41, 5.74) is 1.50. The number of hydrogen-bond donors (Lipinski definition) is 0. The predicted molar refractivity (Wildman–Crippen MR) is 84.0 cm³/mol. The van der Waals surface area contributed by atoms with E-state index in [4.69, 9.17) is 4.74 Å². The van der Waals surface area contributed by atoms with Crippen LogP contribution in [0, 0.1) is 0 Å². The maximum Gasteiger partial charge on any atom is 0.0595 e. The number of rotatable bonds is 8. The summed E-state index contributed by atoms with van der Waals surface area (Å²) in [7, 11) is 0. The Morgan fingerprint density at radius 1 is 1.26 bits per heavy atom. The molecule has 1 aromatic carbocycles. The molecule has 2 atom stereocenters. The lowest BCUT2D eigenvalue weighted by atomic mass is 10.1. The first-order valence-corrected chi connectivity index (χ1v) is 8.53. The van der Waals surface area contributed by atoms with Crippen molar-refractivity contribution in [1.82, 2.24) is 0 Å². The molecular weight excluding hydrogens is 252 g/mol. The van der Waals surface area contributed by atoms with Crippen molar-refractivity contribution in [3.63, 3.8) is 0 Å². The highest BCUT2D eigenvalue weighted by molar-refractivity contribution is 8.00. The van der Waals surface area contributed by atoms with Crippen LogP contribution in [0.15, 0.2) is 29.2 Å². The summed E-state index contributed by atoms with van der Waals surface area (Å²) in [5, 5.41) is 0.621. The second kappa shape index (κ2) is 7.96. The molecule has 0 aliphatic carbocycles. The van der Waals surface area contributed by atoms with Gasteiger partial charge in [0, 0.05) is 10.1 Å². The molecule has 2 unspecified atom stereocenters. The standard InChI is InChI=1S/C17H26OS/c1-3-4-5-6-9-14(2)18-13-16-12-15-10-7-8-11-17(15)19-16/h7-8,10-11,14,16H,3-6,9,12-13H2,1-2H3. The van der Waals surface area contributed by atoms with Gasteiger partial charge in [-0.2, -0.15) is 0 Å². The van der Waals surface area contributed by atoms with Crippen molar-refractivity contribution < 1.29 is 4.74 Å². The van der Waals surface area contributed by atoms with Gasteiger partial charge in [-0.1, -0.05) is 50.8 Å². The predicted octanol–water partition coefficient (Wildman–Crippen LogP) is 5.08. The number of ether oxygens (including phenoxy) is 1. The van der Waals surface area contributed by atoms with Crippen LogP contribution in [-0.2, 0) is 11.2 Å². The van der Waals surface area contributed by atoms with Crippen molar-refractivity contribution >= 4 is 11.8 Å². The highest BCUT2D eigenvalue weighted by atomic mass is 32.2. The highest BCUT2D eigenvalue weighted by Crippen LogP contribution is 2.36. The molecule has 0 radical (unpaired) electrons. The SMILES string of the molecule is CCCCCCC(C)OCC1Cc2ccccc2S1. The summed E-state index contributed by atoms with van der Waals surface area (Å²) in [6.45, 7) is 5.38. The summed E-state index contributed by atoms with van der Waals surface area (Å²) < 4.78 is 6.02. The second-order valence-electron chi connectivity index (χ2n) is 5.54. The van der Waals surface area contributed by atoms with E-state index in [1.165, 1.54) is 49.0 Å². The monoisotopic (exact) mass is 278 g/mol. The van der Waals surface area contributed by atoms with Crippen molar-refractivity contribution in [3.05, 3.63) is 29.8 Å². The zero-order valence-electron chi connectivity index (χ0n) is 12.2.